The van der Waals surface area contributed by atoms with Crippen molar-refractivity contribution in [2.75, 3.05) is 0 Å². The van der Waals surface area contributed by atoms with E-state index in [1.807, 2.05) is 0 Å². The highest BCUT2D eigenvalue weighted by Gasteiger charge is 2.09. The fraction of sp³-hybridized carbons (Fsp3) is 0. The van der Waals surface area contributed by atoms with Crippen LogP contribution in [0.1, 0.15) is 15.9 Å². The van der Waals surface area contributed by atoms with Gasteiger partial charge in [0, 0.05) is 23.3 Å². The molecule has 0 saturated carbocycles. The standard InChI is InChI=1S/C15H9F2NO3/c16-12-5-6-14(17)10(8-12)4-7-15(19)11-2-1-3-13(9-11)18(20)21/h1-9H. The van der Waals surface area contributed by atoms with Gasteiger partial charge in [0.05, 0.1) is 4.92 Å². The number of non-ortho nitro benzene ring substituents is 1. The lowest BCUT2D eigenvalue weighted by atomic mass is 10.1. The number of benzene rings is 2. The number of allylic oxidation sites excluding steroid dienone is 1. The van der Waals surface area contributed by atoms with E-state index in [1.54, 1.807) is 0 Å². The zero-order chi connectivity index (χ0) is 15.4. The van der Waals surface area contributed by atoms with Crippen molar-refractivity contribution in [2.45, 2.75) is 0 Å². The number of carbonyl (C=O) groups is 1. The average molecular weight is 289 g/mol. The number of hydrogen-bond donors (Lipinski definition) is 0. The molecule has 0 aliphatic heterocycles. The fourth-order valence-corrected chi connectivity index (χ4v) is 1.68. The molecule has 2 rings (SSSR count). The Labute approximate surface area is 118 Å². The first-order valence-corrected chi connectivity index (χ1v) is 5.89. The first-order valence-electron chi connectivity index (χ1n) is 5.89. The molecule has 0 aromatic heterocycles. The van der Waals surface area contributed by atoms with Gasteiger partial charge in [-0.05, 0) is 30.4 Å². The molecular formula is C15H9F2NO3. The SMILES string of the molecule is O=C(C=Cc1cc(F)ccc1F)c1cccc([N+](=O)[O-])c1. The summed E-state index contributed by atoms with van der Waals surface area (Å²) in [5.74, 6) is -1.83. The molecule has 21 heavy (non-hydrogen) atoms. The molecule has 0 heterocycles. The second kappa shape index (κ2) is 6.04. The summed E-state index contributed by atoms with van der Waals surface area (Å²) in [4.78, 5) is 21.9. The minimum atomic E-state index is -0.667. The average Bonchev–Trinajstić information content (AvgIpc) is 2.48. The molecule has 0 aliphatic rings. The highest BCUT2D eigenvalue weighted by molar-refractivity contribution is 6.07. The first kappa shape index (κ1) is 14.5. The summed E-state index contributed by atoms with van der Waals surface area (Å²) in [6, 6.07) is 8.03. The Bertz CT molecular complexity index is 741. The number of ketones is 1. The number of nitro groups is 1. The van der Waals surface area contributed by atoms with Gasteiger partial charge in [0.25, 0.3) is 5.69 Å². The van der Waals surface area contributed by atoms with E-state index in [1.165, 1.54) is 18.2 Å². The molecule has 0 unspecified atom stereocenters. The Hall–Kier alpha value is -2.89. The monoisotopic (exact) mass is 289 g/mol. The Morgan fingerprint density at radius 3 is 2.62 bits per heavy atom. The van der Waals surface area contributed by atoms with Gasteiger partial charge >= 0.3 is 0 Å². The third-order valence-electron chi connectivity index (χ3n) is 2.71. The van der Waals surface area contributed by atoms with Gasteiger partial charge in [-0.15, -0.1) is 0 Å². The largest absolute Gasteiger partial charge is 0.289 e. The lowest BCUT2D eigenvalue weighted by Crippen LogP contribution is -1.96. The number of carbonyl (C=O) groups excluding carboxylic acids is 1. The Morgan fingerprint density at radius 2 is 1.90 bits per heavy atom. The molecule has 0 bridgehead atoms. The van der Waals surface area contributed by atoms with Crippen LogP contribution in [0.5, 0.6) is 0 Å². The smallest absolute Gasteiger partial charge is 0.270 e. The van der Waals surface area contributed by atoms with E-state index in [2.05, 4.69) is 0 Å². The van der Waals surface area contributed by atoms with Gasteiger partial charge in [0.2, 0.25) is 0 Å². The van der Waals surface area contributed by atoms with E-state index in [0.717, 1.165) is 36.4 Å². The Balaban J connectivity index is 2.25. The molecule has 0 saturated heterocycles. The van der Waals surface area contributed by atoms with E-state index >= 15 is 0 Å². The van der Waals surface area contributed by atoms with Crippen LogP contribution in [0.4, 0.5) is 14.5 Å². The number of hydrogen-bond acceptors (Lipinski definition) is 3. The van der Waals surface area contributed by atoms with Crippen LogP contribution in [0.3, 0.4) is 0 Å². The number of nitrogens with zero attached hydrogens (tertiary/aromatic N) is 1. The zero-order valence-electron chi connectivity index (χ0n) is 10.6. The molecule has 2 aromatic carbocycles. The van der Waals surface area contributed by atoms with Crippen LogP contribution in [0.15, 0.2) is 48.5 Å². The summed E-state index contributed by atoms with van der Waals surface area (Å²) in [6.45, 7) is 0. The molecule has 0 spiro atoms. The molecule has 0 radical (unpaired) electrons. The summed E-state index contributed by atoms with van der Waals surface area (Å²) in [7, 11) is 0. The van der Waals surface area contributed by atoms with E-state index in [0.29, 0.717) is 0 Å². The predicted octanol–water partition coefficient (Wildman–Crippen LogP) is 3.77. The third kappa shape index (κ3) is 3.56. The number of nitro benzene ring substituents is 1. The lowest BCUT2D eigenvalue weighted by Gasteiger charge is -1.98. The summed E-state index contributed by atoms with van der Waals surface area (Å²) < 4.78 is 26.3. The van der Waals surface area contributed by atoms with Gasteiger partial charge < -0.3 is 0 Å². The Kier molecular flexibility index (Phi) is 4.18. The molecular weight excluding hydrogens is 280 g/mol. The van der Waals surface area contributed by atoms with E-state index in [9.17, 15) is 23.7 Å². The van der Waals surface area contributed by atoms with Crippen molar-refractivity contribution in [3.8, 4) is 0 Å². The topological polar surface area (TPSA) is 60.2 Å². The van der Waals surface area contributed by atoms with Gasteiger partial charge in [0.15, 0.2) is 5.78 Å². The summed E-state index contributed by atoms with van der Waals surface area (Å²) in [6.07, 6.45) is 2.16. The van der Waals surface area contributed by atoms with E-state index in [4.69, 9.17) is 0 Å². The minimum Gasteiger partial charge on any atom is -0.289 e. The normalized spacial score (nSPS) is 10.8. The first-order chi connectivity index (χ1) is 9.97. The van der Waals surface area contributed by atoms with Crippen molar-refractivity contribution in [3.05, 3.63) is 81.4 Å². The maximum absolute atomic E-state index is 13.4. The van der Waals surface area contributed by atoms with Crippen LogP contribution in [0, 0.1) is 21.7 Å². The van der Waals surface area contributed by atoms with E-state index in [-0.39, 0.29) is 16.8 Å². The van der Waals surface area contributed by atoms with Crippen LogP contribution in [-0.2, 0) is 0 Å². The lowest BCUT2D eigenvalue weighted by molar-refractivity contribution is -0.384. The number of halogens is 2. The second-order valence-corrected chi connectivity index (χ2v) is 4.17. The molecule has 0 amide bonds. The van der Waals surface area contributed by atoms with Crippen LogP contribution >= 0.6 is 0 Å². The summed E-state index contributed by atoms with van der Waals surface area (Å²) in [5, 5.41) is 10.6. The fourth-order valence-electron chi connectivity index (χ4n) is 1.68. The number of rotatable bonds is 4. The van der Waals surface area contributed by atoms with Crippen molar-refractivity contribution < 1.29 is 18.5 Å². The van der Waals surface area contributed by atoms with Crippen molar-refractivity contribution >= 4 is 17.5 Å². The summed E-state index contributed by atoms with van der Waals surface area (Å²) >= 11 is 0. The molecule has 0 atom stereocenters. The van der Waals surface area contributed by atoms with Crippen molar-refractivity contribution in [3.63, 3.8) is 0 Å². The molecule has 0 N–H and O–H groups in total. The van der Waals surface area contributed by atoms with Crippen LogP contribution < -0.4 is 0 Å². The zero-order valence-corrected chi connectivity index (χ0v) is 10.6. The second-order valence-electron chi connectivity index (χ2n) is 4.17. The highest BCUT2D eigenvalue weighted by Crippen LogP contribution is 2.15. The predicted molar refractivity (Wildman–Crippen MR) is 72.8 cm³/mol. The van der Waals surface area contributed by atoms with Crippen molar-refractivity contribution in [2.24, 2.45) is 0 Å². The molecule has 106 valence electrons. The molecule has 0 aliphatic carbocycles. The summed E-state index contributed by atoms with van der Waals surface area (Å²) in [5.41, 5.74) is -0.197. The van der Waals surface area contributed by atoms with Crippen molar-refractivity contribution in [1.82, 2.24) is 0 Å². The third-order valence-corrected chi connectivity index (χ3v) is 2.71. The molecule has 0 fully saturated rings. The molecule has 6 heteroatoms. The van der Waals surface area contributed by atoms with Crippen LogP contribution in [0.25, 0.3) is 6.08 Å². The van der Waals surface area contributed by atoms with Gasteiger partial charge in [0.1, 0.15) is 11.6 Å². The molecule has 2 aromatic rings. The van der Waals surface area contributed by atoms with Gasteiger partial charge in [-0.2, -0.15) is 0 Å². The Morgan fingerprint density at radius 1 is 1.14 bits per heavy atom. The van der Waals surface area contributed by atoms with Crippen LogP contribution in [-0.4, -0.2) is 10.7 Å². The van der Waals surface area contributed by atoms with E-state index < -0.39 is 22.3 Å². The van der Waals surface area contributed by atoms with Crippen molar-refractivity contribution in [1.29, 1.82) is 0 Å². The van der Waals surface area contributed by atoms with Gasteiger partial charge in [-0.1, -0.05) is 12.1 Å². The van der Waals surface area contributed by atoms with Gasteiger partial charge in [-0.25, -0.2) is 8.78 Å². The molecule has 4 nitrogen and oxygen atoms in total. The maximum Gasteiger partial charge on any atom is 0.270 e. The quantitative estimate of drug-likeness (QED) is 0.372. The maximum atomic E-state index is 13.4. The van der Waals surface area contributed by atoms with Gasteiger partial charge in [-0.3, -0.25) is 14.9 Å². The highest BCUT2D eigenvalue weighted by atomic mass is 19.1. The van der Waals surface area contributed by atoms with Crippen LogP contribution in [0.2, 0.25) is 0 Å². The minimum absolute atomic E-state index is 0.0752.